The summed E-state index contributed by atoms with van der Waals surface area (Å²) >= 11 is 0. The van der Waals surface area contributed by atoms with Gasteiger partial charge in [-0.2, -0.15) is 12.1 Å². The third-order valence-corrected chi connectivity index (χ3v) is 12.2. The predicted molar refractivity (Wildman–Crippen MR) is 259 cm³/mol. The van der Waals surface area contributed by atoms with Gasteiger partial charge in [0.1, 0.15) is 12.7 Å². The van der Waals surface area contributed by atoms with Gasteiger partial charge >= 0.3 is 0 Å². The van der Waals surface area contributed by atoms with E-state index < -0.39 is 0 Å². The molecule has 0 aliphatic rings. The molecule has 0 aliphatic carbocycles. The van der Waals surface area contributed by atoms with Gasteiger partial charge in [-0.25, -0.2) is 15.7 Å². The van der Waals surface area contributed by atoms with Gasteiger partial charge in [0.15, 0.2) is 11.9 Å². The number of phenolic OH excluding ortho intramolecular Hbond substituents is 1. The van der Waals surface area contributed by atoms with E-state index in [0.717, 1.165) is 50.5 Å². The van der Waals surface area contributed by atoms with E-state index >= 15 is 0 Å². The summed E-state index contributed by atoms with van der Waals surface area (Å²) in [4.78, 5) is 0. The van der Waals surface area contributed by atoms with Gasteiger partial charge in [-0.15, -0.1) is 29.8 Å². The van der Waals surface area contributed by atoms with E-state index in [1.54, 1.807) is 0 Å². The zero-order valence-electron chi connectivity index (χ0n) is 39.9. The van der Waals surface area contributed by atoms with Crippen LogP contribution in [0.15, 0.2) is 121 Å². The second kappa shape index (κ2) is 18.2. The van der Waals surface area contributed by atoms with E-state index in [1.807, 2.05) is 12.1 Å². The summed E-state index contributed by atoms with van der Waals surface area (Å²) in [5.41, 5.74) is 16.5. The smallest absolute Gasteiger partial charge is 0.162 e. The minimum atomic E-state index is -0.298. The Bertz CT molecular complexity index is 2710. The molecule has 3 nitrogen and oxygen atoms in total. The molecule has 328 valence electrons. The first-order chi connectivity index (χ1) is 29.1. The van der Waals surface area contributed by atoms with Crippen molar-refractivity contribution in [3.8, 4) is 67.3 Å². The van der Waals surface area contributed by atoms with E-state index in [-0.39, 0.29) is 49.1 Å². The van der Waals surface area contributed by atoms with Crippen LogP contribution in [-0.4, -0.2) is 5.11 Å². The molecule has 2 aromatic heterocycles. The van der Waals surface area contributed by atoms with Gasteiger partial charge in [-0.05, 0) is 67.0 Å². The summed E-state index contributed by atoms with van der Waals surface area (Å²) in [6, 6.07) is 49.1. The van der Waals surface area contributed by atoms with Crippen molar-refractivity contribution in [2.75, 3.05) is 0 Å². The van der Waals surface area contributed by atoms with E-state index in [2.05, 4.69) is 234 Å². The Morgan fingerprint density at radius 2 is 1.08 bits per heavy atom. The number of rotatable bonds is 8. The van der Waals surface area contributed by atoms with Crippen molar-refractivity contribution in [2.45, 2.75) is 118 Å². The van der Waals surface area contributed by atoms with Gasteiger partial charge in [0.2, 0.25) is 0 Å². The fourth-order valence-electron chi connectivity index (χ4n) is 8.38. The van der Waals surface area contributed by atoms with Crippen molar-refractivity contribution in [3.05, 3.63) is 168 Å². The third kappa shape index (κ3) is 10.0. The Kier molecular flexibility index (Phi) is 13.7. The van der Waals surface area contributed by atoms with Crippen LogP contribution >= 0.6 is 0 Å². The standard InChI is InChI=1S/C59H64N2O.Pt/c1-38(2)49-30-44(41-24-19-16-20-25-41)31-50(39(3)4)55(49)54-33-45(32-53(60(54)14)51-35-47(58(8,9)10)36-52(56(51)62)59(11,12)13)43-28-46(57(5,6)7)34-48(29-43)61-27-21-26-42(37-61)40-22-17-15-18-23-40;/h15-26,28,30-31,33-39H,1-14H3;/q-2;/p+1. The van der Waals surface area contributed by atoms with Crippen LogP contribution in [0.5, 0.6) is 5.75 Å². The van der Waals surface area contributed by atoms with Crippen molar-refractivity contribution in [1.82, 2.24) is 0 Å². The zero-order valence-corrected chi connectivity index (χ0v) is 42.1. The molecule has 0 amide bonds. The monoisotopic (exact) mass is 1010 g/mol. The number of hydrogen-bond acceptors (Lipinski definition) is 1. The SMILES string of the molecule is CC(C)c1cc(-c2ccccc2)cc(C(C)C)c1-c1cc(-c2[c-]c(-[n+]3[c-]ccc(-c4ccccc4)c3)cc(C(C)(C)C)c2)[c-]c(-c2cc(C(C)(C)C)cc(C(C)(C)C)c2O)[n+]1C.[Pt]. The minimum absolute atomic E-state index is 0. The topological polar surface area (TPSA) is 28.0 Å². The Morgan fingerprint density at radius 1 is 0.556 bits per heavy atom. The summed E-state index contributed by atoms with van der Waals surface area (Å²) in [5.74, 6) is 0.765. The summed E-state index contributed by atoms with van der Waals surface area (Å²) in [7, 11) is 2.14. The van der Waals surface area contributed by atoms with Crippen LogP contribution in [0.3, 0.4) is 0 Å². The van der Waals surface area contributed by atoms with E-state index in [0.29, 0.717) is 5.75 Å². The number of aromatic nitrogens is 2. The average molecular weight is 1010 g/mol. The van der Waals surface area contributed by atoms with Gasteiger partial charge in [0, 0.05) is 37.9 Å². The van der Waals surface area contributed by atoms with Gasteiger partial charge in [-0.3, -0.25) is 0 Å². The quantitative estimate of drug-likeness (QED) is 0.119. The molecular formula is C59H65N2OPt-. The summed E-state index contributed by atoms with van der Waals surface area (Å²) in [6.45, 7) is 29.3. The van der Waals surface area contributed by atoms with Gasteiger partial charge in [0.25, 0.3) is 0 Å². The second-order valence-corrected chi connectivity index (χ2v) is 20.8. The average Bonchev–Trinajstić information content (AvgIpc) is 3.23. The van der Waals surface area contributed by atoms with E-state index in [1.165, 1.54) is 38.9 Å². The zero-order chi connectivity index (χ0) is 44.9. The first-order valence-corrected chi connectivity index (χ1v) is 22.3. The van der Waals surface area contributed by atoms with Crippen LogP contribution in [0.25, 0.3) is 61.6 Å². The molecule has 0 bridgehead atoms. The van der Waals surface area contributed by atoms with Crippen LogP contribution in [0.4, 0.5) is 0 Å². The molecule has 7 rings (SSSR count). The molecule has 0 fully saturated rings. The Morgan fingerprint density at radius 3 is 1.60 bits per heavy atom. The molecule has 2 heterocycles. The Hall–Kier alpha value is -5.11. The fraction of sp³-hybridized carbons (Fsp3) is 0.322. The van der Waals surface area contributed by atoms with Crippen LogP contribution in [-0.2, 0) is 44.4 Å². The molecule has 4 heteroatoms. The molecule has 1 N–H and O–H groups in total. The van der Waals surface area contributed by atoms with Crippen molar-refractivity contribution in [2.24, 2.45) is 7.05 Å². The fourth-order valence-corrected chi connectivity index (χ4v) is 8.38. The van der Waals surface area contributed by atoms with Crippen LogP contribution in [0, 0.1) is 18.3 Å². The van der Waals surface area contributed by atoms with Gasteiger partial charge in [-0.1, -0.05) is 187 Å². The number of aromatic hydroxyl groups is 1. The third-order valence-electron chi connectivity index (χ3n) is 12.2. The Balaban J connectivity index is 0.00000661. The summed E-state index contributed by atoms with van der Waals surface area (Å²) in [5, 5.41) is 12.5. The Labute approximate surface area is 393 Å². The van der Waals surface area contributed by atoms with E-state index in [9.17, 15) is 5.11 Å². The number of benzene rings is 5. The molecule has 0 saturated heterocycles. The van der Waals surface area contributed by atoms with Crippen molar-refractivity contribution < 1.29 is 35.3 Å². The van der Waals surface area contributed by atoms with Crippen LogP contribution in [0.2, 0.25) is 0 Å². The van der Waals surface area contributed by atoms with E-state index in [4.69, 9.17) is 0 Å². The predicted octanol–water partition coefficient (Wildman–Crippen LogP) is 14.4. The number of hydrogen-bond donors (Lipinski definition) is 1. The molecular weight excluding hydrogens is 948 g/mol. The largest absolute Gasteiger partial charge is 0.517 e. The number of pyridine rings is 2. The summed E-state index contributed by atoms with van der Waals surface area (Å²) in [6.07, 6.45) is 5.62. The molecule has 63 heavy (non-hydrogen) atoms. The molecule has 0 spiro atoms. The maximum Gasteiger partial charge on any atom is 0.162 e. The molecule has 7 aromatic rings. The maximum absolute atomic E-state index is 12.5. The first kappa shape index (κ1) is 47.4. The molecule has 0 radical (unpaired) electrons. The molecule has 0 aliphatic heterocycles. The molecule has 0 saturated carbocycles. The normalized spacial score (nSPS) is 12.2. The number of nitrogens with zero attached hydrogens (tertiary/aromatic N) is 2. The minimum Gasteiger partial charge on any atom is -0.517 e. The van der Waals surface area contributed by atoms with Crippen LogP contribution in [0.1, 0.15) is 130 Å². The molecule has 0 atom stereocenters. The van der Waals surface area contributed by atoms with Gasteiger partial charge in [0.05, 0.1) is 11.9 Å². The number of phenols is 1. The van der Waals surface area contributed by atoms with Crippen molar-refractivity contribution in [1.29, 1.82) is 0 Å². The second-order valence-electron chi connectivity index (χ2n) is 20.8. The van der Waals surface area contributed by atoms with Crippen molar-refractivity contribution >= 4 is 0 Å². The van der Waals surface area contributed by atoms with Crippen molar-refractivity contribution in [3.63, 3.8) is 0 Å². The summed E-state index contributed by atoms with van der Waals surface area (Å²) < 4.78 is 4.34. The molecule has 0 unspecified atom stereocenters. The maximum atomic E-state index is 12.5. The van der Waals surface area contributed by atoms with Gasteiger partial charge < -0.3 is 9.67 Å². The molecule has 5 aromatic carbocycles. The first-order valence-electron chi connectivity index (χ1n) is 22.3. The van der Waals surface area contributed by atoms with Crippen LogP contribution < -0.4 is 9.13 Å².